The van der Waals surface area contributed by atoms with Gasteiger partial charge in [-0.3, -0.25) is 4.90 Å². The predicted octanol–water partition coefficient (Wildman–Crippen LogP) is 4.51. The molecule has 6 heteroatoms. The molecule has 1 fully saturated rings. The number of likely N-dealkylation sites (tertiary alicyclic amines) is 1. The second-order valence-corrected chi connectivity index (χ2v) is 8.49. The van der Waals surface area contributed by atoms with Crippen molar-refractivity contribution < 1.29 is 14.3 Å². The van der Waals surface area contributed by atoms with Gasteiger partial charge in [-0.1, -0.05) is 18.2 Å². The van der Waals surface area contributed by atoms with E-state index in [1.54, 1.807) is 25.6 Å². The van der Waals surface area contributed by atoms with Crippen LogP contribution in [0.25, 0.3) is 10.2 Å². The maximum atomic E-state index is 11.5. The van der Waals surface area contributed by atoms with Crippen molar-refractivity contribution >= 4 is 27.8 Å². The topological polar surface area (TPSA) is 51.7 Å². The largest absolute Gasteiger partial charge is 0.497 e. The molecule has 1 aromatic heterocycles. The van der Waals surface area contributed by atoms with Crippen LogP contribution in [-0.4, -0.2) is 43.5 Å². The molecule has 3 aromatic rings. The zero-order chi connectivity index (χ0) is 20.2. The van der Waals surface area contributed by atoms with Gasteiger partial charge in [0.05, 0.1) is 25.0 Å². The first-order valence-electron chi connectivity index (χ1n) is 9.97. The van der Waals surface area contributed by atoms with Gasteiger partial charge in [-0.05, 0) is 55.6 Å². The highest BCUT2D eigenvalue weighted by molar-refractivity contribution is 7.18. The fraction of sp³-hybridized carbons (Fsp3) is 0.391. The number of rotatable bonds is 7. The van der Waals surface area contributed by atoms with Gasteiger partial charge in [0.2, 0.25) is 0 Å². The summed E-state index contributed by atoms with van der Waals surface area (Å²) in [4.78, 5) is 18.9. The number of hydrogen-bond acceptors (Lipinski definition) is 6. The number of aromatic nitrogens is 1. The Hall–Kier alpha value is -2.44. The normalized spacial score (nSPS) is 19.9. The van der Waals surface area contributed by atoms with Crippen LogP contribution >= 0.6 is 11.3 Å². The van der Waals surface area contributed by atoms with Gasteiger partial charge in [0, 0.05) is 12.5 Å². The molecule has 0 radical (unpaired) electrons. The van der Waals surface area contributed by atoms with Crippen LogP contribution in [0.5, 0.6) is 11.5 Å². The fourth-order valence-corrected chi connectivity index (χ4v) is 5.14. The average molecular weight is 411 g/mol. The minimum Gasteiger partial charge on any atom is -0.497 e. The van der Waals surface area contributed by atoms with Gasteiger partial charge in [0.15, 0.2) is 0 Å². The van der Waals surface area contributed by atoms with Crippen LogP contribution in [0.4, 0.5) is 0 Å². The highest BCUT2D eigenvalue weighted by Crippen LogP contribution is 2.39. The third kappa shape index (κ3) is 4.28. The van der Waals surface area contributed by atoms with E-state index in [1.807, 2.05) is 24.3 Å². The van der Waals surface area contributed by atoms with E-state index in [0.29, 0.717) is 0 Å². The number of ether oxygens (including phenoxy) is 2. The molecule has 0 amide bonds. The van der Waals surface area contributed by atoms with Crippen molar-refractivity contribution in [3.05, 3.63) is 53.0 Å². The Kier molecular flexibility index (Phi) is 6.11. The van der Waals surface area contributed by atoms with E-state index in [4.69, 9.17) is 14.5 Å². The van der Waals surface area contributed by atoms with Crippen molar-refractivity contribution in [3.63, 3.8) is 0 Å². The third-order valence-electron chi connectivity index (χ3n) is 5.70. The molecule has 4 rings (SSSR count). The molecular weight excluding hydrogens is 384 g/mol. The van der Waals surface area contributed by atoms with E-state index in [9.17, 15) is 4.79 Å². The molecule has 1 aliphatic rings. The first-order chi connectivity index (χ1) is 14.2. The SMILES string of the molecule is COc1ccc(CCN2CCC(C=O)CC2c2nc3c(OC)cccc3s2)cc1. The molecule has 29 heavy (non-hydrogen) atoms. The molecule has 2 heterocycles. The maximum Gasteiger partial charge on any atom is 0.145 e. The lowest BCUT2D eigenvalue weighted by Crippen LogP contribution is -2.38. The van der Waals surface area contributed by atoms with Crippen LogP contribution in [0.2, 0.25) is 0 Å². The molecule has 0 spiro atoms. The summed E-state index contributed by atoms with van der Waals surface area (Å²) in [5.74, 6) is 1.78. The lowest BCUT2D eigenvalue weighted by Gasteiger charge is -2.37. The summed E-state index contributed by atoms with van der Waals surface area (Å²) in [5, 5.41) is 1.07. The number of carbonyl (C=O) groups excluding carboxylic acids is 1. The standard InChI is InChI=1S/C23H26N2O3S/c1-27-18-8-6-16(7-9-18)10-12-25-13-11-17(15-26)14-19(25)23-24-22-20(28-2)4-3-5-21(22)29-23/h3-9,15,17,19H,10-14H2,1-2H3. The van der Waals surface area contributed by atoms with Gasteiger partial charge >= 0.3 is 0 Å². The zero-order valence-corrected chi connectivity index (χ0v) is 17.7. The van der Waals surface area contributed by atoms with Crippen LogP contribution in [0, 0.1) is 5.92 Å². The number of thiazole rings is 1. The average Bonchev–Trinajstić information content (AvgIpc) is 3.22. The van der Waals surface area contributed by atoms with Gasteiger partial charge in [-0.2, -0.15) is 0 Å². The molecule has 152 valence electrons. The minimum absolute atomic E-state index is 0.103. The first kappa shape index (κ1) is 19.9. The van der Waals surface area contributed by atoms with Gasteiger partial charge in [0.1, 0.15) is 28.3 Å². The quantitative estimate of drug-likeness (QED) is 0.537. The highest BCUT2D eigenvalue weighted by Gasteiger charge is 2.31. The molecule has 2 aromatic carbocycles. The van der Waals surface area contributed by atoms with Crippen LogP contribution in [-0.2, 0) is 11.2 Å². The second kappa shape index (κ2) is 8.93. The summed E-state index contributed by atoms with van der Waals surface area (Å²) in [5.41, 5.74) is 2.20. The Morgan fingerprint density at radius 1 is 1.17 bits per heavy atom. The number of nitrogens with zero attached hydrogens (tertiary/aromatic N) is 2. The molecule has 2 unspecified atom stereocenters. The molecule has 0 saturated carbocycles. The number of benzene rings is 2. The molecular formula is C23H26N2O3S. The van der Waals surface area contributed by atoms with Gasteiger partial charge in [-0.25, -0.2) is 4.98 Å². The number of methoxy groups -OCH3 is 2. The van der Waals surface area contributed by atoms with Crippen molar-refractivity contribution in [2.45, 2.75) is 25.3 Å². The summed E-state index contributed by atoms with van der Waals surface area (Å²) < 4.78 is 11.9. The minimum atomic E-state index is 0.103. The van der Waals surface area contributed by atoms with Crippen LogP contribution in [0.1, 0.15) is 29.5 Å². The van der Waals surface area contributed by atoms with E-state index in [1.165, 1.54) is 5.56 Å². The van der Waals surface area contributed by atoms with E-state index in [0.717, 1.165) is 65.4 Å². The van der Waals surface area contributed by atoms with Crippen LogP contribution < -0.4 is 9.47 Å². The number of fused-ring (bicyclic) bond motifs is 1. The Labute approximate surface area is 175 Å². The van der Waals surface area contributed by atoms with E-state index in [2.05, 4.69) is 23.1 Å². The molecule has 1 saturated heterocycles. The molecule has 0 N–H and O–H groups in total. The number of para-hydroxylation sites is 1. The number of aldehydes is 1. The second-order valence-electron chi connectivity index (χ2n) is 7.43. The zero-order valence-electron chi connectivity index (χ0n) is 16.8. The molecule has 1 aliphatic heterocycles. The summed E-state index contributed by atoms with van der Waals surface area (Å²) in [6, 6.07) is 14.4. The van der Waals surface area contributed by atoms with Gasteiger partial charge < -0.3 is 14.3 Å². The van der Waals surface area contributed by atoms with Crippen molar-refractivity contribution in [1.29, 1.82) is 0 Å². The van der Waals surface area contributed by atoms with Gasteiger partial charge in [0.25, 0.3) is 0 Å². The van der Waals surface area contributed by atoms with Crippen molar-refractivity contribution in [3.8, 4) is 11.5 Å². The Bertz CT molecular complexity index is 970. The van der Waals surface area contributed by atoms with Crippen LogP contribution in [0.3, 0.4) is 0 Å². The van der Waals surface area contributed by atoms with E-state index >= 15 is 0 Å². The smallest absolute Gasteiger partial charge is 0.145 e. The first-order valence-corrected chi connectivity index (χ1v) is 10.8. The number of carbonyl (C=O) groups is 1. The Morgan fingerprint density at radius 3 is 2.72 bits per heavy atom. The fourth-order valence-electron chi connectivity index (χ4n) is 4.00. The predicted molar refractivity (Wildman–Crippen MR) is 116 cm³/mol. The van der Waals surface area contributed by atoms with Crippen molar-refractivity contribution in [2.75, 3.05) is 27.3 Å². The van der Waals surface area contributed by atoms with E-state index < -0.39 is 0 Å². The molecule has 2 atom stereocenters. The Morgan fingerprint density at radius 2 is 2.00 bits per heavy atom. The summed E-state index contributed by atoms with van der Waals surface area (Å²) in [6.07, 6.45) is 3.81. The van der Waals surface area contributed by atoms with Crippen LogP contribution in [0.15, 0.2) is 42.5 Å². The van der Waals surface area contributed by atoms with Crippen molar-refractivity contribution in [2.24, 2.45) is 5.92 Å². The van der Waals surface area contributed by atoms with Crippen molar-refractivity contribution in [1.82, 2.24) is 9.88 Å². The Balaban J connectivity index is 1.56. The monoisotopic (exact) mass is 410 g/mol. The van der Waals surface area contributed by atoms with E-state index in [-0.39, 0.29) is 12.0 Å². The molecule has 5 nitrogen and oxygen atoms in total. The number of piperidine rings is 1. The van der Waals surface area contributed by atoms with Gasteiger partial charge in [-0.15, -0.1) is 11.3 Å². The summed E-state index contributed by atoms with van der Waals surface area (Å²) >= 11 is 1.71. The lowest BCUT2D eigenvalue weighted by atomic mass is 9.92. The lowest BCUT2D eigenvalue weighted by molar-refractivity contribution is -0.113. The molecule has 0 bridgehead atoms. The highest BCUT2D eigenvalue weighted by atomic mass is 32.1. The number of hydrogen-bond donors (Lipinski definition) is 0. The third-order valence-corrected chi connectivity index (χ3v) is 6.82. The summed E-state index contributed by atoms with van der Waals surface area (Å²) in [6.45, 7) is 1.85. The maximum absolute atomic E-state index is 11.5. The molecule has 0 aliphatic carbocycles. The summed E-state index contributed by atoms with van der Waals surface area (Å²) in [7, 11) is 3.36.